The Balaban J connectivity index is 2.27. The fourth-order valence-electron chi connectivity index (χ4n) is 1.93. The summed E-state index contributed by atoms with van der Waals surface area (Å²) in [6, 6.07) is 8.05. The van der Waals surface area contributed by atoms with E-state index in [2.05, 4.69) is 26.0 Å². The Kier molecular flexibility index (Phi) is 3.29. The first-order chi connectivity index (χ1) is 7.31. The van der Waals surface area contributed by atoms with Crippen molar-refractivity contribution in [3.8, 4) is 0 Å². The van der Waals surface area contributed by atoms with Crippen molar-refractivity contribution in [2.24, 2.45) is 11.0 Å². The van der Waals surface area contributed by atoms with Crippen LogP contribution in [0.5, 0.6) is 0 Å². The van der Waals surface area contributed by atoms with Gasteiger partial charge in [0.25, 0.3) is 0 Å². The fourth-order valence-corrected chi connectivity index (χ4v) is 2.35. The lowest BCUT2D eigenvalue weighted by Crippen LogP contribution is -2.18. The molecule has 0 heterocycles. The van der Waals surface area contributed by atoms with E-state index in [1.807, 2.05) is 24.3 Å². The second kappa shape index (κ2) is 4.69. The van der Waals surface area contributed by atoms with Crippen LogP contribution in [-0.4, -0.2) is 0 Å². The summed E-state index contributed by atoms with van der Waals surface area (Å²) in [6.07, 6.45) is 3.61. The van der Waals surface area contributed by atoms with Gasteiger partial charge in [-0.1, -0.05) is 39.6 Å². The lowest BCUT2D eigenvalue weighted by molar-refractivity contribution is 0.264. The van der Waals surface area contributed by atoms with Gasteiger partial charge in [-0.05, 0) is 42.0 Å². The van der Waals surface area contributed by atoms with Crippen LogP contribution in [-0.2, 0) is 0 Å². The molecule has 1 saturated carbocycles. The van der Waals surface area contributed by atoms with E-state index in [9.17, 15) is 0 Å². The van der Waals surface area contributed by atoms with Crippen molar-refractivity contribution >= 4 is 15.9 Å². The topological polar surface area (TPSA) is 48.8 Å². The summed E-state index contributed by atoms with van der Waals surface area (Å²) in [5.41, 5.74) is 9.70. The third kappa shape index (κ3) is 2.33. The van der Waals surface area contributed by atoms with Gasteiger partial charge in [0.2, 0.25) is 0 Å². The smallest absolute Gasteiger partial charge is 0.0653 e. The first-order valence-corrected chi connectivity index (χ1v) is 5.90. The van der Waals surface area contributed by atoms with Crippen molar-refractivity contribution in [2.75, 3.05) is 0 Å². The Morgan fingerprint density at radius 3 is 2.80 bits per heavy atom. The predicted molar refractivity (Wildman–Crippen MR) is 63.4 cm³/mol. The van der Waals surface area contributed by atoms with Crippen LogP contribution in [0.4, 0.5) is 0 Å². The van der Waals surface area contributed by atoms with Gasteiger partial charge in [-0.3, -0.25) is 0 Å². The van der Waals surface area contributed by atoms with Crippen LogP contribution in [0.2, 0.25) is 0 Å². The van der Waals surface area contributed by atoms with Gasteiger partial charge in [0.1, 0.15) is 0 Å². The molecule has 1 unspecified atom stereocenters. The highest BCUT2D eigenvalue weighted by atomic mass is 79.9. The van der Waals surface area contributed by atoms with Crippen LogP contribution in [0.3, 0.4) is 0 Å². The largest absolute Gasteiger partial charge is 0.0856 e. The van der Waals surface area contributed by atoms with E-state index in [0.29, 0.717) is 5.92 Å². The first kappa shape index (κ1) is 10.5. The molecule has 1 aliphatic carbocycles. The van der Waals surface area contributed by atoms with E-state index in [0.717, 1.165) is 10.0 Å². The minimum absolute atomic E-state index is 0.0150. The molecule has 0 N–H and O–H groups in total. The van der Waals surface area contributed by atoms with Crippen LogP contribution < -0.4 is 0 Å². The summed E-state index contributed by atoms with van der Waals surface area (Å²) in [7, 11) is 0. The maximum absolute atomic E-state index is 8.58. The highest BCUT2D eigenvalue weighted by Crippen LogP contribution is 2.40. The summed E-state index contributed by atoms with van der Waals surface area (Å²) in [5, 5.41) is 3.92. The minimum Gasteiger partial charge on any atom is -0.0856 e. The standard InChI is InChI=1S/C11H12BrN3/c12-10-6-2-5-9(7-10)11(14-15-13)8-3-1-4-8/h2,5-8,11H,1,3-4H2. The molecular weight excluding hydrogens is 254 g/mol. The monoisotopic (exact) mass is 265 g/mol. The quantitative estimate of drug-likeness (QED) is 0.436. The Morgan fingerprint density at radius 2 is 2.27 bits per heavy atom. The van der Waals surface area contributed by atoms with E-state index in [4.69, 9.17) is 5.53 Å². The van der Waals surface area contributed by atoms with Gasteiger partial charge in [0, 0.05) is 9.38 Å². The van der Waals surface area contributed by atoms with E-state index < -0.39 is 0 Å². The molecule has 1 atom stereocenters. The molecule has 4 heteroatoms. The van der Waals surface area contributed by atoms with Crippen LogP contribution >= 0.6 is 15.9 Å². The molecule has 0 saturated heterocycles. The number of halogens is 1. The van der Waals surface area contributed by atoms with Crippen molar-refractivity contribution in [2.45, 2.75) is 25.3 Å². The molecule has 0 aromatic heterocycles. The number of rotatable bonds is 3. The Bertz CT molecular complexity index is 395. The summed E-state index contributed by atoms with van der Waals surface area (Å²) >= 11 is 3.44. The van der Waals surface area contributed by atoms with Gasteiger partial charge >= 0.3 is 0 Å². The van der Waals surface area contributed by atoms with Crippen LogP contribution in [0.1, 0.15) is 30.9 Å². The SMILES string of the molecule is [N-]=[N+]=NC(c1cccc(Br)c1)C1CCC1. The molecule has 15 heavy (non-hydrogen) atoms. The molecule has 0 radical (unpaired) electrons. The molecular formula is C11H12BrN3. The third-order valence-electron chi connectivity index (χ3n) is 2.96. The van der Waals surface area contributed by atoms with E-state index in [1.165, 1.54) is 19.3 Å². The van der Waals surface area contributed by atoms with E-state index in [1.54, 1.807) is 0 Å². The van der Waals surface area contributed by atoms with E-state index >= 15 is 0 Å². The molecule has 1 aromatic carbocycles. The number of nitrogens with zero attached hydrogens (tertiary/aromatic N) is 3. The molecule has 1 aliphatic rings. The zero-order chi connectivity index (χ0) is 10.7. The second-order valence-corrected chi connectivity index (χ2v) is 4.81. The van der Waals surface area contributed by atoms with Crippen molar-refractivity contribution in [3.05, 3.63) is 44.7 Å². The number of hydrogen-bond acceptors (Lipinski definition) is 1. The third-order valence-corrected chi connectivity index (χ3v) is 3.46. The van der Waals surface area contributed by atoms with Gasteiger partial charge in [-0.15, -0.1) is 0 Å². The summed E-state index contributed by atoms with van der Waals surface area (Å²) in [5.74, 6) is 0.537. The predicted octanol–water partition coefficient (Wildman–Crippen LogP) is 4.60. The van der Waals surface area contributed by atoms with Crippen molar-refractivity contribution in [3.63, 3.8) is 0 Å². The highest BCUT2D eigenvalue weighted by molar-refractivity contribution is 9.10. The first-order valence-electron chi connectivity index (χ1n) is 5.11. The van der Waals surface area contributed by atoms with E-state index in [-0.39, 0.29) is 6.04 Å². The number of benzene rings is 1. The highest BCUT2D eigenvalue weighted by Gasteiger charge is 2.27. The molecule has 0 spiro atoms. The molecule has 0 aliphatic heterocycles. The van der Waals surface area contributed by atoms with Crippen LogP contribution in [0.15, 0.2) is 33.9 Å². The molecule has 78 valence electrons. The van der Waals surface area contributed by atoms with Crippen molar-refractivity contribution < 1.29 is 0 Å². The number of azide groups is 1. The lowest BCUT2D eigenvalue weighted by atomic mass is 9.77. The lowest BCUT2D eigenvalue weighted by Gasteiger charge is -2.31. The van der Waals surface area contributed by atoms with Gasteiger partial charge in [0.05, 0.1) is 6.04 Å². The Hall–Kier alpha value is -0.990. The molecule has 0 amide bonds. The average Bonchev–Trinajstić information content (AvgIpc) is 2.14. The summed E-state index contributed by atoms with van der Waals surface area (Å²) < 4.78 is 1.04. The minimum atomic E-state index is 0.0150. The normalized spacial score (nSPS) is 17.7. The van der Waals surface area contributed by atoms with Gasteiger partial charge in [0.15, 0.2) is 0 Å². The Labute approximate surface area is 97.3 Å². The Morgan fingerprint density at radius 1 is 1.47 bits per heavy atom. The average molecular weight is 266 g/mol. The molecule has 1 aromatic rings. The maximum Gasteiger partial charge on any atom is 0.0653 e. The van der Waals surface area contributed by atoms with Crippen LogP contribution in [0, 0.1) is 5.92 Å². The second-order valence-electron chi connectivity index (χ2n) is 3.90. The van der Waals surface area contributed by atoms with Crippen molar-refractivity contribution in [1.82, 2.24) is 0 Å². The fraction of sp³-hybridized carbons (Fsp3) is 0.455. The molecule has 0 bridgehead atoms. The summed E-state index contributed by atoms with van der Waals surface area (Å²) in [4.78, 5) is 2.95. The zero-order valence-electron chi connectivity index (χ0n) is 8.31. The zero-order valence-corrected chi connectivity index (χ0v) is 9.89. The van der Waals surface area contributed by atoms with Gasteiger partial charge in [-0.25, -0.2) is 0 Å². The van der Waals surface area contributed by atoms with Crippen molar-refractivity contribution in [1.29, 1.82) is 0 Å². The number of hydrogen-bond donors (Lipinski definition) is 0. The van der Waals surface area contributed by atoms with Crippen LogP contribution in [0.25, 0.3) is 10.4 Å². The van der Waals surface area contributed by atoms with Gasteiger partial charge < -0.3 is 0 Å². The van der Waals surface area contributed by atoms with Gasteiger partial charge in [-0.2, -0.15) is 0 Å². The summed E-state index contributed by atoms with van der Waals surface area (Å²) in [6.45, 7) is 0. The maximum atomic E-state index is 8.58. The molecule has 2 rings (SSSR count). The molecule has 1 fully saturated rings. The molecule has 3 nitrogen and oxygen atoms in total.